The molecule has 0 aliphatic heterocycles. The van der Waals surface area contributed by atoms with Crippen molar-refractivity contribution in [3.8, 4) is 0 Å². The van der Waals surface area contributed by atoms with Gasteiger partial charge in [-0.1, -0.05) is 59.1 Å². The van der Waals surface area contributed by atoms with Crippen molar-refractivity contribution in [1.29, 1.82) is 0 Å². The molecule has 1 aromatic carbocycles. The van der Waals surface area contributed by atoms with E-state index >= 15 is 0 Å². The molecule has 1 aromatic heterocycles. The van der Waals surface area contributed by atoms with E-state index in [0.717, 1.165) is 27.7 Å². The summed E-state index contributed by atoms with van der Waals surface area (Å²) >= 11 is 19.6. The molecule has 5 heteroatoms. The van der Waals surface area contributed by atoms with Crippen LogP contribution >= 0.6 is 46.6 Å². The highest BCUT2D eigenvalue weighted by Gasteiger charge is 2.04. The van der Waals surface area contributed by atoms with E-state index in [4.69, 9.17) is 34.8 Å². The number of pyridine rings is 1. The minimum Gasteiger partial charge on any atom is -0.224 e. The Hall–Kier alpha value is -0.410. The van der Waals surface area contributed by atoms with Gasteiger partial charge in [-0.05, 0) is 23.3 Å². The maximum Gasteiger partial charge on any atom is 0.134 e. The molecule has 94 valence electrons. The monoisotopic (exact) mass is 317 g/mol. The van der Waals surface area contributed by atoms with E-state index in [0.29, 0.717) is 10.3 Å². The Morgan fingerprint density at radius 2 is 1.61 bits per heavy atom. The molecule has 0 saturated heterocycles. The van der Waals surface area contributed by atoms with Crippen molar-refractivity contribution in [2.45, 2.75) is 11.5 Å². The Kier molecular flexibility index (Phi) is 5.19. The van der Waals surface area contributed by atoms with Crippen LogP contribution in [0.15, 0.2) is 36.4 Å². The van der Waals surface area contributed by atoms with E-state index in [1.54, 1.807) is 17.8 Å². The van der Waals surface area contributed by atoms with Crippen LogP contribution in [0.3, 0.4) is 0 Å². The number of rotatable bonds is 4. The maximum absolute atomic E-state index is 6.09. The molecule has 0 saturated carbocycles. The zero-order valence-corrected chi connectivity index (χ0v) is 12.5. The van der Waals surface area contributed by atoms with E-state index in [9.17, 15) is 0 Å². The molecule has 0 radical (unpaired) electrons. The third kappa shape index (κ3) is 3.79. The second kappa shape index (κ2) is 6.67. The predicted molar refractivity (Wildman–Crippen MR) is 80.7 cm³/mol. The lowest BCUT2D eigenvalue weighted by Crippen LogP contribution is -1.88. The zero-order chi connectivity index (χ0) is 13.0. The lowest BCUT2D eigenvalue weighted by molar-refractivity contribution is 1.25. The first-order valence-corrected chi connectivity index (χ1v) is 7.58. The molecule has 0 spiro atoms. The summed E-state index contributed by atoms with van der Waals surface area (Å²) in [6, 6.07) is 11.5. The highest BCUT2D eigenvalue weighted by Crippen LogP contribution is 2.26. The van der Waals surface area contributed by atoms with Gasteiger partial charge in [0.15, 0.2) is 0 Å². The number of thioether (sulfide) groups is 1. The molecule has 18 heavy (non-hydrogen) atoms. The summed E-state index contributed by atoms with van der Waals surface area (Å²) in [6.45, 7) is 0. The van der Waals surface area contributed by atoms with Crippen molar-refractivity contribution in [2.75, 3.05) is 0 Å². The van der Waals surface area contributed by atoms with Gasteiger partial charge in [-0.15, -0.1) is 0 Å². The second-order valence-electron chi connectivity index (χ2n) is 3.67. The fourth-order valence-corrected chi connectivity index (χ4v) is 3.23. The zero-order valence-electron chi connectivity index (χ0n) is 9.37. The van der Waals surface area contributed by atoms with Gasteiger partial charge in [0.25, 0.3) is 0 Å². The van der Waals surface area contributed by atoms with Gasteiger partial charge in [0.1, 0.15) is 10.3 Å². The largest absolute Gasteiger partial charge is 0.224 e. The molecule has 1 nitrogen and oxygen atoms in total. The molecule has 0 atom stereocenters. The van der Waals surface area contributed by atoms with Gasteiger partial charge in [0, 0.05) is 16.5 Å². The normalized spacial score (nSPS) is 10.6. The molecule has 0 amide bonds. The Morgan fingerprint density at radius 1 is 0.889 bits per heavy atom. The molecule has 0 N–H and O–H groups in total. The summed E-state index contributed by atoms with van der Waals surface area (Å²) in [6.07, 6.45) is 0. The van der Waals surface area contributed by atoms with Crippen molar-refractivity contribution >= 4 is 46.6 Å². The molecule has 1 heterocycles. The standard InChI is InChI=1S/C13H10Cl3NS/c14-11-4-2-1-3-9(11)7-18-8-10-5-6-12(15)17-13(10)16/h1-6H,7-8H2. The van der Waals surface area contributed by atoms with Crippen LogP contribution in [0.4, 0.5) is 0 Å². The van der Waals surface area contributed by atoms with Crippen LogP contribution < -0.4 is 0 Å². The van der Waals surface area contributed by atoms with Crippen LogP contribution in [0, 0.1) is 0 Å². The van der Waals surface area contributed by atoms with E-state index in [1.807, 2.05) is 30.3 Å². The average molecular weight is 319 g/mol. The van der Waals surface area contributed by atoms with Gasteiger partial charge in [-0.3, -0.25) is 0 Å². The van der Waals surface area contributed by atoms with Crippen molar-refractivity contribution < 1.29 is 0 Å². The number of aromatic nitrogens is 1. The molecule has 2 aromatic rings. The van der Waals surface area contributed by atoms with Crippen molar-refractivity contribution in [1.82, 2.24) is 4.98 Å². The number of benzene rings is 1. The van der Waals surface area contributed by atoms with Crippen molar-refractivity contribution in [3.05, 3.63) is 62.9 Å². The summed E-state index contributed by atoms with van der Waals surface area (Å²) in [5.41, 5.74) is 2.11. The van der Waals surface area contributed by atoms with Gasteiger partial charge in [-0.2, -0.15) is 11.8 Å². The quantitative estimate of drug-likeness (QED) is 0.693. The summed E-state index contributed by atoms with van der Waals surface area (Å²) < 4.78 is 0. The third-order valence-electron chi connectivity index (χ3n) is 2.36. The molecule has 0 fully saturated rings. The molecule has 0 unspecified atom stereocenters. The maximum atomic E-state index is 6.09. The Bertz CT molecular complexity index is 546. The Labute approximate surface area is 125 Å². The summed E-state index contributed by atoms with van der Waals surface area (Å²) in [5.74, 6) is 1.63. The van der Waals surface area contributed by atoms with Gasteiger partial charge in [-0.25, -0.2) is 4.98 Å². The second-order valence-corrected chi connectivity index (χ2v) is 5.81. The lowest BCUT2D eigenvalue weighted by atomic mass is 10.2. The first kappa shape index (κ1) is 14.0. The van der Waals surface area contributed by atoms with Crippen LogP contribution in [0.5, 0.6) is 0 Å². The van der Waals surface area contributed by atoms with Gasteiger partial charge in [0.05, 0.1) is 0 Å². The van der Waals surface area contributed by atoms with Crippen molar-refractivity contribution in [2.24, 2.45) is 0 Å². The highest BCUT2D eigenvalue weighted by atomic mass is 35.5. The first-order chi connectivity index (χ1) is 8.66. The number of halogens is 3. The smallest absolute Gasteiger partial charge is 0.134 e. The van der Waals surface area contributed by atoms with Crippen LogP contribution in [0.1, 0.15) is 11.1 Å². The van der Waals surface area contributed by atoms with Gasteiger partial charge < -0.3 is 0 Å². The lowest BCUT2D eigenvalue weighted by Gasteiger charge is -2.05. The molecular formula is C13H10Cl3NS. The fourth-order valence-electron chi connectivity index (χ4n) is 1.44. The van der Waals surface area contributed by atoms with E-state index in [1.165, 1.54) is 0 Å². The SMILES string of the molecule is Clc1ccc(CSCc2ccccc2Cl)c(Cl)n1. The third-order valence-corrected chi connectivity index (χ3v) is 4.30. The average Bonchev–Trinajstić information content (AvgIpc) is 2.34. The first-order valence-electron chi connectivity index (χ1n) is 5.29. The fraction of sp³-hybridized carbons (Fsp3) is 0.154. The minimum absolute atomic E-state index is 0.417. The predicted octanol–water partition coefficient (Wildman–Crippen LogP) is 5.48. The molecule has 0 aliphatic carbocycles. The van der Waals surface area contributed by atoms with Crippen LogP contribution in [0.2, 0.25) is 15.3 Å². The molecule has 0 aliphatic rings. The number of hydrogen-bond donors (Lipinski definition) is 0. The topological polar surface area (TPSA) is 12.9 Å². The summed E-state index contributed by atoms with van der Waals surface area (Å²) in [7, 11) is 0. The Morgan fingerprint density at radius 3 is 2.33 bits per heavy atom. The molecule has 0 bridgehead atoms. The van der Waals surface area contributed by atoms with Crippen LogP contribution in [0.25, 0.3) is 0 Å². The molecular weight excluding hydrogens is 309 g/mol. The van der Waals surface area contributed by atoms with E-state index < -0.39 is 0 Å². The Balaban J connectivity index is 1.95. The number of nitrogens with zero attached hydrogens (tertiary/aromatic N) is 1. The van der Waals surface area contributed by atoms with Crippen molar-refractivity contribution in [3.63, 3.8) is 0 Å². The summed E-state index contributed by atoms with van der Waals surface area (Å²) in [4.78, 5) is 4.01. The van der Waals surface area contributed by atoms with Gasteiger partial charge in [0.2, 0.25) is 0 Å². The minimum atomic E-state index is 0.417. The molecule has 2 rings (SSSR count). The van der Waals surface area contributed by atoms with E-state index in [2.05, 4.69) is 4.98 Å². The highest BCUT2D eigenvalue weighted by molar-refractivity contribution is 7.97. The number of hydrogen-bond acceptors (Lipinski definition) is 2. The van der Waals surface area contributed by atoms with E-state index in [-0.39, 0.29) is 0 Å². The van der Waals surface area contributed by atoms with Crippen LogP contribution in [-0.4, -0.2) is 4.98 Å². The van der Waals surface area contributed by atoms with Crippen LogP contribution in [-0.2, 0) is 11.5 Å². The summed E-state index contributed by atoms with van der Waals surface area (Å²) in [5, 5.41) is 1.68. The van der Waals surface area contributed by atoms with Gasteiger partial charge >= 0.3 is 0 Å².